The highest BCUT2D eigenvalue weighted by Gasteiger charge is 2.07. The Kier molecular flexibility index (Phi) is 7.51. The number of carbonyl (C=O) groups excluding carboxylic acids is 1. The molecule has 4 nitrogen and oxygen atoms in total. The Morgan fingerprint density at radius 2 is 1.64 bits per heavy atom. The first kappa shape index (κ1) is 20.4. The number of rotatable bonds is 8. The summed E-state index contributed by atoms with van der Waals surface area (Å²) in [5.74, 6) is 1.15. The van der Waals surface area contributed by atoms with E-state index in [4.69, 9.17) is 9.47 Å². The van der Waals surface area contributed by atoms with E-state index in [0.29, 0.717) is 18.0 Å². The lowest BCUT2D eigenvalue weighted by Crippen LogP contribution is -2.20. The van der Waals surface area contributed by atoms with Crippen LogP contribution in [0.15, 0.2) is 81.7 Å². The molecule has 0 spiro atoms. The van der Waals surface area contributed by atoms with Gasteiger partial charge in [0.05, 0.1) is 11.1 Å². The zero-order valence-corrected chi connectivity index (χ0v) is 18.2. The molecule has 0 fully saturated rings. The lowest BCUT2D eigenvalue weighted by Gasteiger charge is -2.10. The molecule has 0 saturated carbocycles. The van der Waals surface area contributed by atoms with Gasteiger partial charge in [0.25, 0.3) is 5.91 Å². The summed E-state index contributed by atoms with van der Waals surface area (Å²) in [7, 11) is 0. The van der Waals surface area contributed by atoms with Crippen molar-refractivity contribution in [2.75, 3.05) is 18.5 Å². The summed E-state index contributed by atoms with van der Waals surface area (Å²) >= 11 is 6.79. The third-order valence-corrected chi connectivity index (χ3v) is 5.01. The fourth-order valence-corrected chi connectivity index (χ4v) is 3.66. The van der Waals surface area contributed by atoms with Crippen molar-refractivity contribution in [1.29, 1.82) is 0 Å². The minimum absolute atomic E-state index is 0.0738. The van der Waals surface area contributed by atoms with Crippen LogP contribution in [0.2, 0.25) is 0 Å². The van der Waals surface area contributed by atoms with Gasteiger partial charge in [-0.1, -0.05) is 46.3 Å². The number of amides is 1. The van der Waals surface area contributed by atoms with Gasteiger partial charge in [-0.25, -0.2) is 0 Å². The van der Waals surface area contributed by atoms with Gasteiger partial charge in [-0.3, -0.25) is 4.79 Å². The van der Waals surface area contributed by atoms with Crippen LogP contribution in [0.25, 0.3) is 0 Å². The standard InChI is InChI=1S/C22H19Br2NO3/c23-17-6-11-21(20(24)14-17)28-15-22(26)25-18-7-9-19(10-8-18)27-13-12-16-4-2-1-3-5-16/h1-11,14H,12-13,15H2,(H,25,26). The number of carbonyl (C=O) groups is 1. The minimum atomic E-state index is -0.229. The van der Waals surface area contributed by atoms with E-state index in [2.05, 4.69) is 49.3 Å². The van der Waals surface area contributed by atoms with E-state index in [9.17, 15) is 4.79 Å². The molecule has 0 aromatic heterocycles. The molecule has 1 amide bonds. The molecule has 0 aliphatic rings. The molecule has 0 aliphatic heterocycles. The molecule has 3 aromatic rings. The second-order valence-electron chi connectivity index (χ2n) is 6.02. The Labute approximate surface area is 181 Å². The van der Waals surface area contributed by atoms with Crippen molar-refractivity contribution in [2.24, 2.45) is 0 Å². The number of halogens is 2. The van der Waals surface area contributed by atoms with Crippen LogP contribution < -0.4 is 14.8 Å². The van der Waals surface area contributed by atoms with Crippen molar-refractivity contribution in [2.45, 2.75) is 6.42 Å². The predicted octanol–water partition coefficient (Wildman–Crippen LogP) is 5.85. The summed E-state index contributed by atoms with van der Waals surface area (Å²) in [4.78, 5) is 12.1. The SMILES string of the molecule is O=C(COc1ccc(Br)cc1Br)Nc1ccc(OCCc2ccccc2)cc1. The second kappa shape index (κ2) is 10.3. The highest BCUT2D eigenvalue weighted by atomic mass is 79.9. The van der Waals surface area contributed by atoms with Crippen molar-refractivity contribution >= 4 is 43.5 Å². The first-order valence-electron chi connectivity index (χ1n) is 8.74. The smallest absolute Gasteiger partial charge is 0.262 e. The molecule has 1 N–H and O–H groups in total. The topological polar surface area (TPSA) is 47.6 Å². The van der Waals surface area contributed by atoms with Crippen LogP contribution in [0.1, 0.15) is 5.56 Å². The van der Waals surface area contributed by atoms with Gasteiger partial charge < -0.3 is 14.8 Å². The molecule has 0 saturated heterocycles. The second-order valence-corrected chi connectivity index (χ2v) is 7.79. The van der Waals surface area contributed by atoms with Crippen molar-refractivity contribution in [3.63, 3.8) is 0 Å². The Morgan fingerprint density at radius 1 is 0.893 bits per heavy atom. The van der Waals surface area contributed by atoms with Crippen LogP contribution in [0.3, 0.4) is 0 Å². The van der Waals surface area contributed by atoms with E-state index < -0.39 is 0 Å². The molecule has 0 atom stereocenters. The molecule has 0 unspecified atom stereocenters. The molecule has 0 bridgehead atoms. The van der Waals surface area contributed by atoms with E-state index in [1.807, 2.05) is 54.6 Å². The van der Waals surface area contributed by atoms with Gasteiger partial charge in [-0.2, -0.15) is 0 Å². The number of nitrogens with one attached hydrogen (secondary N) is 1. The molecule has 0 aliphatic carbocycles. The van der Waals surface area contributed by atoms with Gasteiger partial charge in [0.1, 0.15) is 11.5 Å². The van der Waals surface area contributed by atoms with Crippen LogP contribution in [0, 0.1) is 0 Å². The van der Waals surface area contributed by atoms with Crippen LogP contribution in [-0.2, 0) is 11.2 Å². The van der Waals surface area contributed by atoms with Gasteiger partial charge in [0.2, 0.25) is 0 Å². The molecule has 0 radical (unpaired) electrons. The molecule has 0 heterocycles. The molecular formula is C22H19Br2NO3. The predicted molar refractivity (Wildman–Crippen MR) is 118 cm³/mol. The summed E-state index contributed by atoms with van der Waals surface area (Å²) < 4.78 is 13.0. The fraction of sp³-hybridized carbons (Fsp3) is 0.136. The van der Waals surface area contributed by atoms with Gasteiger partial charge in [0.15, 0.2) is 6.61 Å². The average molecular weight is 505 g/mol. The zero-order valence-electron chi connectivity index (χ0n) is 15.0. The van der Waals surface area contributed by atoms with E-state index in [1.165, 1.54) is 5.56 Å². The van der Waals surface area contributed by atoms with Crippen molar-refractivity contribution in [1.82, 2.24) is 0 Å². The number of ether oxygens (including phenoxy) is 2. The number of hydrogen-bond acceptors (Lipinski definition) is 3. The number of anilines is 1. The summed E-state index contributed by atoms with van der Waals surface area (Å²) in [5.41, 5.74) is 1.93. The first-order chi connectivity index (χ1) is 13.6. The van der Waals surface area contributed by atoms with Crippen LogP contribution in [0.5, 0.6) is 11.5 Å². The summed E-state index contributed by atoms with van der Waals surface area (Å²) in [6.45, 7) is 0.529. The van der Waals surface area contributed by atoms with Gasteiger partial charge in [-0.15, -0.1) is 0 Å². The Morgan fingerprint density at radius 3 is 2.36 bits per heavy atom. The third kappa shape index (κ3) is 6.39. The molecule has 3 aromatic carbocycles. The lowest BCUT2D eigenvalue weighted by molar-refractivity contribution is -0.118. The van der Waals surface area contributed by atoms with Crippen molar-refractivity contribution < 1.29 is 14.3 Å². The Balaban J connectivity index is 1.43. The molecule has 6 heteroatoms. The van der Waals surface area contributed by atoms with Crippen LogP contribution in [0.4, 0.5) is 5.69 Å². The fourth-order valence-electron chi connectivity index (χ4n) is 2.50. The highest BCUT2D eigenvalue weighted by molar-refractivity contribution is 9.11. The maximum Gasteiger partial charge on any atom is 0.262 e. The maximum absolute atomic E-state index is 12.1. The Hall–Kier alpha value is -2.31. The highest BCUT2D eigenvalue weighted by Crippen LogP contribution is 2.28. The largest absolute Gasteiger partial charge is 0.493 e. The van der Waals surface area contributed by atoms with Gasteiger partial charge in [0, 0.05) is 16.6 Å². The van der Waals surface area contributed by atoms with Crippen LogP contribution >= 0.6 is 31.9 Å². The van der Waals surface area contributed by atoms with Crippen LogP contribution in [-0.4, -0.2) is 19.1 Å². The molecule has 3 rings (SSSR count). The number of hydrogen-bond donors (Lipinski definition) is 1. The molecule has 144 valence electrons. The number of benzene rings is 3. The van der Waals surface area contributed by atoms with Crippen molar-refractivity contribution in [3.05, 3.63) is 87.3 Å². The quantitative estimate of drug-likeness (QED) is 0.418. The van der Waals surface area contributed by atoms with E-state index in [0.717, 1.165) is 21.1 Å². The van der Waals surface area contributed by atoms with E-state index in [1.54, 1.807) is 6.07 Å². The normalized spacial score (nSPS) is 10.4. The van der Waals surface area contributed by atoms with Gasteiger partial charge in [-0.05, 0) is 64.0 Å². The molecule has 28 heavy (non-hydrogen) atoms. The minimum Gasteiger partial charge on any atom is -0.493 e. The summed E-state index contributed by atoms with van der Waals surface area (Å²) in [6, 6.07) is 23.0. The third-order valence-electron chi connectivity index (χ3n) is 3.89. The summed E-state index contributed by atoms with van der Waals surface area (Å²) in [5, 5.41) is 2.81. The Bertz CT molecular complexity index is 915. The average Bonchev–Trinajstić information content (AvgIpc) is 2.69. The molecular weight excluding hydrogens is 486 g/mol. The van der Waals surface area contributed by atoms with E-state index >= 15 is 0 Å². The summed E-state index contributed by atoms with van der Waals surface area (Å²) in [6.07, 6.45) is 0.849. The first-order valence-corrected chi connectivity index (χ1v) is 10.3. The monoisotopic (exact) mass is 503 g/mol. The maximum atomic E-state index is 12.1. The zero-order chi connectivity index (χ0) is 19.8. The van der Waals surface area contributed by atoms with Gasteiger partial charge >= 0.3 is 0 Å². The van der Waals surface area contributed by atoms with Crippen molar-refractivity contribution in [3.8, 4) is 11.5 Å². The van der Waals surface area contributed by atoms with E-state index in [-0.39, 0.29) is 12.5 Å². The lowest BCUT2D eigenvalue weighted by atomic mass is 10.2.